The van der Waals surface area contributed by atoms with E-state index in [1.54, 1.807) is 27.7 Å². The number of hydrogen-bond donors (Lipinski definition) is 2. The van der Waals surface area contributed by atoms with Gasteiger partial charge in [-0.2, -0.15) is 0 Å². The molecular formula is C11H21NO4. The molecule has 0 aromatic heterocycles. The molecule has 0 bridgehead atoms. The Kier molecular flexibility index (Phi) is 5.85. The number of rotatable bonds is 5. The van der Waals surface area contributed by atoms with Crippen LogP contribution in [0.15, 0.2) is 0 Å². The van der Waals surface area contributed by atoms with Gasteiger partial charge in [0.1, 0.15) is 5.60 Å². The van der Waals surface area contributed by atoms with Crippen LogP contribution in [0.5, 0.6) is 0 Å². The number of alkyl carbamates (subject to hydrolysis) is 1. The van der Waals surface area contributed by atoms with E-state index in [1.165, 1.54) is 0 Å². The van der Waals surface area contributed by atoms with Crippen LogP contribution in [0.4, 0.5) is 4.79 Å². The topological polar surface area (TPSA) is 75.6 Å². The van der Waals surface area contributed by atoms with Crippen molar-refractivity contribution in [2.75, 3.05) is 6.54 Å². The Bertz CT molecular complexity index is 245. The number of carbonyl (C=O) groups excluding carboxylic acids is 1. The molecule has 0 aromatic carbocycles. The number of aliphatic carboxylic acids is 1. The van der Waals surface area contributed by atoms with Crippen molar-refractivity contribution >= 4 is 12.1 Å². The first-order chi connectivity index (χ1) is 7.22. The molecule has 0 aliphatic heterocycles. The molecule has 5 heteroatoms. The van der Waals surface area contributed by atoms with E-state index >= 15 is 0 Å². The molecule has 94 valence electrons. The Morgan fingerprint density at radius 2 is 1.94 bits per heavy atom. The second-order valence-electron chi connectivity index (χ2n) is 4.81. The van der Waals surface area contributed by atoms with Crippen LogP contribution in [0, 0.1) is 5.92 Å². The third kappa shape index (κ3) is 8.08. The van der Waals surface area contributed by atoms with Gasteiger partial charge >= 0.3 is 12.1 Å². The minimum Gasteiger partial charge on any atom is -0.481 e. The molecule has 0 fully saturated rings. The van der Waals surface area contributed by atoms with E-state index in [0.717, 1.165) is 0 Å². The van der Waals surface area contributed by atoms with Crippen LogP contribution in [0.25, 0.3) is 0 Å². The highest BCUT2D eigenvalue weighted by Gasteiger charge is 2.15. The number of hydrogen-bond acceptors (Lipinski definition) is 3. The molecule has 0 heterocycles. The van der Waals surface area contributed by atoms with Gasteiger partial charge in [0.25, 0.3) is 0 Å². The van der Waals surface area contributed by atoms with Crippen LogP contribution in [0.3, 0.4) is 0 Å². The Morgan fingerprint density at radius 1 is 1.38 bits per heavy atom. The molecule has 0 spiro atoms. The summed E-state index contributed by atoms with van der Waals surface area (Å²) < 4.78 is 5.03. The lowest BCUT2D eigenvalue weighted by Gasteiger charge is -2.19. The van der Waals surface area contributed by atoms with Crippen LogP contribution < -0.4 is 5.32 Å². The quantitative estimate of drug-likeness (QED) is 0.710. The summed E-state index contributed by atoms with van der Waals surface area (Å²) in [6.45, 7) is 7.46. The fourth-order valence-electron chi connectivity index (χ4n) is 1.04. The average Bonchev–Trinajstić information content (AvgIpc) is 2.08. The zero-order valence-electron chi connectivity index (χ0n) is 10.4. The molecule has 16 heavy (non-hydrogen) atoms. The first-order valence-electron chi connectivity index (χ1n) is 5.42. The standard InChI is InChI=1S/C11H21NO4/c1-8(9(13)14)6-5-7-12-10(15)16-11(2,3)4/h8H,5-7H2,1-4H3,(H,12,15)(H,13,14)/t8-/m1/s1. The highest BCUT2D eigenvalue weighted by molar-refractivity contribution is 5.69. The van der Waals surface area contributed by atoms with Crippen molar-refractivity contribution in [1.82, 2.24) is 5.32 Å². The molecule has 0 saturated carbocycles. The van der Waals surface area contributed by atoms with E-state index in [1.807, 2.05) is 0 Å². The molecule has 2 N–H and O–H groups in total. The van der Waals surface area contributed by atoms with Crippen LogP contribution in [0.1, 0.15) is 40.5 Å². The summed E-state index contributed by atoms with van der Waals surface area (Å²) in [4.78, 5) is 21.7. The lowest BCUT2D eigenvalue weighted by atomic mass is 10.1. The summed E-state index contributed by atoms with van der Waals surface area (Å²) in [5.74, 6) is -1.18. The third-order valence-electron chi connectivity index (χ3n) is 1.90. The minimum absolute atomic E-state index is 0.375. The van der Waals surface area contributed by atoms with Gasteiger partial charge in [-0.25, -0.2) is 4.79 Å². The number of carbonyl (C=O) groups is 2. The monoisotopic (exact) mass is 231 g/mol. The normalized spacial score (nSPS) is 13.0. The van der Waals surface area contributed by atoms with Gasteiger partial charge in [0.2, 0.25) is 0 Å². The van der Waals surface area contributed by atoms with Crippen molar-refractivity contribution in [1.29, 1.82) is 0 Å². The Morgan fingerprint density at radius 3 is 2.38 bits per heavy atom. The largest absolute Gasteiger partial charge is 0.481 e. The lowest BCUT2D eigenvalue weighted by Crippen LogP contribution is -2.33. The van der Waals surface area contributed by atoms with Crippen molar-refractivity contribution in [3.63, 3.8) is 0 Å². The summed E-state index contributed by atoms with van der Waals surface area (Å²) in [6, 6.07) is 0. The summed E-state index contributed by atoms with van der Waals surface area (Å²) >= 11 is 0. The predicted molar refractivity (Wildman–Crippen MR) is 60.3 cm³/mol. The number of ether oxygens (including phenoxy) is 1. The maximum atomic E-state index is 11.2. The van der Waals surface area contributed by atoms with E-state index in [-0.39, 0.29) is 5.92 Å². The van der Waals surface area contributed by atoms with Crippen LogP contribution >= 0.6 is 0 Å². The smallest absolute Gasteiger partial charge is 0.407 e. The van der Waals surface area contributed by atoms with Gasteiger partial charge < -0.3 is 15.2 Å². The molecule has 0 rings (SSSR count). The first kappa shape index (κ1) is 14.7. The zero-order valence-corrected chi connectivity index (χ0v) is 10.4. The molecular weight excluding hydrogens is 210 g/mol. The van der Waals surface area contributed by atoms with Gasteiger partial charge in [-0.1, -0.05) is 6.92 Å². The fourth-order valence-corrected chi connectivity index (χ4v) is 1.04. The molecule has 0 aromatic rings. The Hall–Kier alpha value is -1.26. The number of nitrogens with one attached hydrogen (secondary N) is 1. The maximum absolute atomic E-state index is 11.2. The minimum atomic E-state index is -0.808. The Balaban J connectivity index is 3.60. The van der Waals surface area contributed by atoms with Crippen molar-refractivity contribution in [3.05, 3.63) is 0 Å². The highest BCUT2D eigenvalue weighted by atomic mass is 16.6. The summed E-state index contributed by atoms with van der Waals surface area (Å²) in [5.41, 5.74) is -0.502. The van der Waals surface area contributed by atoms with E-state index < -0.39 is 17.7 Å². The van der Waals surface area contributed by atoms with Gasteiger partial charge in [-0.15, -0.1) is 0 Å². The molecule has 1 atom stereocenters. The van der Waals surface area contributed by atoms with Crippen molar-refractivity contribution in [2.45, 2.75) is 46.1 Å². The molecule has 0 aliphatic carbocycles. The summed E-state index contributed by atoms with van der Waals surface area (Å²) in [5, 5.41) is 11.2. The van der Waals surface area contributed by atoms with Crippen LogP contribution in [-0.2, 0) is 9.53 Å². The van der Waals surface area contributed by atoms with Crippen LogP contribution in [0.2, 0.25) is 0 Å². The van der Waals surface area contributed by atoms with Gasteiger partial charge in [-0.05, 0) is 33.6 Å². The molecule has 0 radical (unpaired) electrons. The average molecular weight is 231 g/mol. The van der Waals surface area contributed by atoms with Crippen molar-refractivity contribution in [3.8, 4) is 0 Å². The maximum Gasteiger partial charge on any atom is 0.407 e. The molecule has 0 saturated heterocycles. The second kappa shape index (κ2) is 6.35. The highest BCUT2D eigenvalue weighted by Crippen LogP contribution is 2.07. The fraction of sp³-hybridized carbons (Fsp3) is 0.818. The molecule has 0 aliphatic rings. The molecule has 5 nitrogen and oxygen atoms in total. The van der Waals surface area contributed by atoms with Crippen molar-refractivity contribution in [2.24, 2.45) is 5.92 Å². The SMILES string of the molecule is C[C@H](CCCNC(=O)OC(C)(C)C)C(=O)O. The third-order valence-corrected chi connectivity index (χ3v) is 1.90. The first-order valence-corrected chi connectivity index (χ1v) is 5.42. The van der Waals surface area contributed by atoms with Gasteiger partial charge in [-0.3, -0.25) is 4.79 Å². The van der Waals surface area contributed by atoms with E-state index in [2.05, 4.69) is 5.32 Å². The Labute approximate surface area is 96.2 Å². The number of amides is 1. The lowest BCUT2D eigenvalue weighted by molar-refractivity contribution is -0.141. The van der Waals surface area contributed by atoms with Gasteiger partial charge in [0, 0.05) is 6.54 Å². The zero-order chi connectivity index (χ0) is 12.8. The van der Waals surface area contributed by atoms with Crippen molar-refractivity contribution < 1.29 is 19.4 Å². The molecule has 1 amide bonds. The predicted octanol–water partition coefficient (Wildman–Crippen LogP) is 2.01. The second-order valence-corrected chi connectivity index (χ2v) is 4.81. The van der Waals surface area contributed by atoms with E-state index in [0.29, 0.717) is 19.4 Å². The van der Waals surface area contributed by atoms with Crippen LogP contribution in [-0.4, -0.2) is 29.3 Å². The van der Waals surface area contributed by atoms with E-state index in [4.69, 9.17) is 9.84 Å². The summed E-state index contributed by atoms with van der Waals surface area (Å²) in [6.07, 6.45) is 0.716. The summed E-state index contributed by atoms with van der Waals surface area (Å²) in [7, 11) is 0. The number of carboxylic acids is 1. The van der Waals surface area contributed by atoms with Gasteiger partial charge in [0.05, 0.1) is 5.92 Å². The molecule has 0 unspecified atom stereocenters. The van der Waals surface area contributed by atoms with E-state index in [9.17, 15) is 9.59 Å². The number of carboxylic acid groups (broad SMARTS) is 1. The van der Waals surface area contributed by atoms with Gasteiger partial charge in [0.15, 0.2) is 0 Å².